The minimum atomic E-state index is -0.975. The Morgan fingerprint density at radius 2 is 1.96 bits per heavy atom. The lowest BCUT2D eigenvalue weighted by Gasteiger charge is -2.09. The molecule has 4 rings (SSSR count). The van der Waals surface area contributed by atoms with Crippen molar-refractivity contribution >= 4 is 11.8 Å². The van der Waals surface area contributed by atoms with Gasteiger partial charge < -0.3 is 10.4 Å². The maximum atomic E-state index is 13.3. The molecule has 0 unspecified atom stereocenters. The van der Waals surface area contributed by atoms with Gasteiger partial charge in [0.25, 0.3) is 0 Å². The first-order chi connectivity index (χ1) is 12.6. The van der Waals surface area contributed by atoms with Crippen LogP contribution in [0.5, 0.6) is 0 Å². The smallest absolute Gasteiger partial charge is 0.335 e. The second-order valence-electron chi connectivity index (χ2n) is 6.33. The molecule has 1 aliphatic heterocycles. The number of aromatic carboxylic acids is 1. The van der Waals surface area contributed by atoms with Crippen molar-refractivity contribution in [3.63, 3.8) is 0 Å². The molecule has 0 atom stereocenters. The van der Waals surface area contributed by atoms with E-state index in [1.807, 2.05) is 6.07 Å². The van der Waals surface area contributed by atoms with Gasteiger partial charge in [0.15, 0.2) is 0 Å². The number of rotatable bonds is 3. The molecule has 0 spiro atoms. The van der Waals surface area contributed by atoms with Crippen molar-refractivity contribution in [2.75, 3.05) is 11.9 Å². The third-order valence-corrected chi connectivity index (χ3v) is 4.58. The van der Waals surface area contributed by atoms with Crippen LogP contribution in [0.25, 0.3) is 16.9 Å². The van der Waals surface area contributed by atoms with Crippen LogP contribution in [0, 0.1) is 5.82 Å². The number of hydrogen-bond acceptors (Lipinski definition) is 3. The molecule has 1 aromatic heterocycles. The van der Waals surface area contributed by atoms with Crippen LogP contribution in [0.4, 0.5) is 10.2 Å². The number of nitrogens with one attached hydrogen (secondary N) is 1. The van der Waals surface area contributed by atoms with E-state index in [1.165, 1.54) is 12.1 Å². The lowest BCUT2D eigenvalue weighted by molar-refractivity contribution is 0.0697. The molecule has 6 heteroatoms. The lowest BCUT2D eigenvalue weighted by Crippen LogP contribution is -2.08. The first-order valence-electron chi connectivity index (χ1n) is 8.59. The Hall–Kier alpha value is -3.15. The predicted octanol–water partition coefficient (Wildman–Crippen LogP) is 4.12. The molecule has 0 saturated carbocycles. The normalized spacial score (nSPS) is 13.6. The fraction of sp³-hybridized carbons (Fsp3) is 0.200. The number of carboxylic acids is 1. The summed E-state index contributed by atoms with van der Waals surface area (Å²) in [6, 6.07) is 13.0. The number of hydrogen-bond donors (Lipinski definition) is 2. The molecule has 3 aromatic rings. The first-order valence-corrected chi connectivity index (χ1v) is 8.59. The molecule has 5 nitrogen and oxygen atoms in total. The highest BCUT2D eigenvalue weighted by atomic mass is 19.1. The Labute approximate surface area is 150 Å². The molecule has 0 radical (unpaired) electrons. The summed E-state index contributed by atoms with van der Waals surface area (Å²) in [4.78, 5) is 11.3. The minimum Gasteiger partial charge on any atom is -0.478 e. The van der Waals surface area contributed by atoms with Gasteiger partial charge in [0.1, 0.15) is 11.6 Å². The Morgan fingerprint density at radius 1 is 1.15 bits per heavy atom. The number of nitrogens with zero attached hydrogens (tertiary/aromatic N) is 2. The van der Waals surface area contributed by atoms with Gasteiger partial charge in [-0.3, -0.25) is 0 Å². The van der Waals surface area contributed by atoms with Gasteiger partial charge in [-0.05, 0) is 61.7 Å². The van der Waals surface area contributed by atoms with Crippen molar-refractivity contribution in [2.45, 2.75) is 19.3 Å². The number of aromatic nitrogens is 2. The molecular formula is C20H18FN3O2. The van der Waals surface area contributed by atoms with Crippen molar-refractivity contribution in [1.29, 1.82) is 0 Å². The fourth-order valence-corrected chi connectivity index (χ4v) is 3.30. The van der Waals surface area contributed by atoms with E-state index >= 15 is 0 Å². The lowest BCUT2D eigenvalue weighted by atomic mass is 10.0. The molecule has 0 fully saturated rings. The van der Waals surface area contributed by atoms with Crippen LogP contribution in [-0.4, -0.2) is 27.4 Å². The second kappa shape index (κ2) is 6.63. The summed E-state index contributed by atoms with van der Waals surface area (Å²) in [6.07, 6.45) is 2.95. The van der Waals surface area contributed by atoms with Crippen LogP contribution in [0.3, 0.4) is 0 Å². The van der Waals surface area contributed by atoms with Gasteiger partial charge in [-0.1, -0.05) is 6.07 Å². The van der Waals surface area contributed by atoms with Gasteiger partial charge in [-0.25, -0.2) is 13.9 Å². The molecule has 0 amide bonds. The largest absolute Gasteiger partial charge is 0.478 e. The van der Waals surface area contributed by atoms with E-state index in [9.17, 15) is 14.3 Å². The van der Waals surface area contributed by atoms with E-state index in [-0.39, 0.29) is 11.4 Å². The van der Waals surface area contributed by atoms with Crippen molar-refractivity contribution in [3.8, 4) is 16.9 Å². The van der Waals surface area contributed by atoms with Gasteiger partial charge in [0.2, 0.25) is 0 Å². The summed E-state index contributed by atoms with van der Waals surface area (Å²) in [7, 11) is 0. The summed E-state index contributed by atoms with van der Waals surface area (Å²) in [5.74, 6) is -0.382. The van der Waals surface area contributed by atoms with Crippen LogP contribution in [0.15, 0.2) is 48.5 Å². The van der Waals surface area contributed by atoms with Gasteiger partial charge in [0.05, 0.1) is 16.9 Å². The first kappa shape index (κ1) is 16.3. The van der Waals surface area contributed by atoms with Gasteiger partial charge >= 0.3 is 5.97 Å². The highest BCUT2D eigenvalue weighted by Crippen LogP contribution is 2.34. The molecule has 2 heterocycles. The minimum absolute atomic E-state index is 0.212. The number of anilines is 1. The Morgan fingerprint density at radius 3 is 2.73 bits per heavy atom. The molecule has 132 valence electrons. The third kappa shape index (κ3) is 2.94. The molecule has 0 aliphatic carbocycles. The maximum absolute atomic E-state index is 13.3. The highest BCUT2D eigenvalue weighted by molar-refractivity contribution is 5.88. The number of carboxylic acid groups (broad SMARTS) is 1. The Bertz CT molecular complexity index is 964. The Kier molecular flexibility index (Phi) is 4.16. The van der Waals surface area contributed by atoms with Crippen LogP contribution in [0.1, 0.15) is 28.8 Å². The molecule has 0 bridgehead atoms. The summed E-state index contributed by atoms with van der Waals surface area (Å²) in [5.41, 5.74) is 3.62. The zero-order valence-electron chi connectivity index (χ0n) is 14.1. The number of benzene rings is 2. The molecular weight excluding hydrogens is 333 g/mol. The zero-order valence-corrected chi connectivity index (χ0v) is 14.1. The Balaban J connectivity index is 1.89. The summed E-state index contributed by atoms with van der Waals surface area (Å²) >= 11 is 0. The number of halogens is 1. The quantitative estimate of drug-likeness (QED) is 0.745. The highest BCUT2D eigenvalue weighted by Gasteiger charge is 2.22. The fourth-order valence-electron chi connectivity index (χ4n) is 3.30. The SMILES string of the molecule is O=C(O)c1cccc(-n2nc(-c3ccc(F)cc3)c3c2NCCCC3)c1. The van der Waals surface area contributed by atoms with Crippen LogP contribution < -0.4 is 5.32 Å². The molecule has 0 saturated heterocycles. The van der Waals surface area contributed by atoms with E-state index in [0.717, 1.165) is 48.4 Å². The van der Waals surface area contributed by atoms with Gasteiger partial charge in [-0.15, -0.1) is 0 Å². The van der Waals surface area contributed by atoms with E-state index in [4.69, 9.17) is 5.10 Å². The topological polar surface area (TPSA) is 67.1 Å². The standard InChI is InChI=1S/C20H18FN3O2/c21-15-9-7-13(8-10-15)18-17-6-1-2-11-22-19(17)24(23-18)16-5-3-4-14(12-16)20(25)26/h3-5,7-10,12,22H,1-2,6,11H2,(H,25,26). The van der Waals surface area contributed by atoms with Crippen molar-refractivity contribution < 1.29 is 14.3 Å². The van der Waals surface area contributed by atoms with Gasteiger partial charge in [0, 0.05) is 17.7 Å². The monoisotopic (exact) mass is 351 g/mol. The zero-order chi connectivity index (χ0) is 18.1. The van der Waals surface area contributed by atoms with Crippen molar-refractivity contribution in [3.05, 3.63) is 65.5 Å². The van der Waals surface area contributed by atoms with E-state index in [2.05, 4.69) is 5.32 Å². The second-order valence-corrected chi connectivity index (χ2v) is 6.33. The molecule has 2 N–H and O–H groups in total. The molecule has 2 aromatic carbocycles. The van der Waals surface area contributed by atoms with E-state index in [1.54, 1.807) is 35.0 Å². The van der Waals surface area contributed by atoms with E-state index < -0.39 is 5.97 Å². The van der Waals surface area contributed by atoms with Crippen LogP contribution in [0.2, 0.25) is 0 Å². The van der Waals surface area contributed by atoms with Crippen LogP contribution in [-0.2, 0) is 6.42 Å². The predicted molar refractivity (Wildman–Crippen MR) is 97.3 cm³/mol. The third-order valence-electron chi connectivity index (χ3n) is 4.58. The average Bonchev–Trinajstić information content (AvgIpc) is 2.84. The molecule has 1 aliphatic rings. The maximum Gasteiger partial charge on any atom is 0.335 e. The summed E-state index contributed by atoms with van der Waals surface area (Å²) in [6.45, 7) is 0.834. The van der Waals surface area contributed by atoms with Crippen LogP contribution >= 0.6 is 0 Å². The van der Waals surface area contributed by atoms with E-state index in [0.29, 0.717) is 5.69 Å². The van der Waals surface area contributed by atoms with Crippen molar-refractivity contribution in [1.82, 2.24) is 9.78 Å². The average molecular weight is 351 g/mol. The van der Waals surface area contributed by atoms with Gasteiger partial charge in [-0.2, -0.15) is 5.10 Å². The summed E-state index contributed by atoms with van der Waals surface area (Å²) < 4.78 is 15.1. The molecule has 26 heavy (non-hydrogen) atoms. The number of carbonyl (C=O) groups is 1. The summed E-state index contributed by atoms with van der Waals surface area (Å²) in [5, 5.41) is 17.4. The van der Waals surface area contributed by atoms with Crippen molar-refractivity contribution in [2.24, 2.45) is 0 Å². The number of fused-ring (bicyclic) bond motifs is 1.